The molecule has 0 spiro atoms. The molecule has 0 amide bonds. The van der Waals surface area contributed by atoms with Gasteiger partial charge in [0.05, 0.1) is 16.4 Å². The van der Waals surface area contributed by atoms with E-state index in [1.54, 1.807) is 0 Å². The highest BCUT2D eigenvalue weighted by molar-refractivity contribution is 6.19. The highest BCUT2D eigenvalue weighted by atomic mass is 35.5. The molecule has 0 fully saturated rings. The molecule has 7 heteroatoms. The fraction of sp³-hybridized carbons (Fsp3) is 0.200. The predicted molar refractivity (Wildman–Crippen MR) is 55.7 cm³/mol. The monoisotopic (exact) mass is 263 g/mol. The lowest BCUT2D eigenvalue weighted by molar-refractivity contribution is -0.385. The molecule has 0 heterocycles. The Labute approximate surface area is 99.3 Å². The SMILES string of the molecule is O=[N+]([O-])c1cc(C#CCCl)cc(C(F)(F)F)c1. The fourth-order valence-corrected chi connectivity index (χ4v) is 1.15. The summed E-state index contributed by atoms with van der Waals surface area (Å²) in [6, 6.07) is 2.17. The summed E-state index contributed by atoms with van der Waals surface area (Å²) in [4.78, 5) is 9.57. The number of benzene rings is 1. The lowest BCUT2D eigenvalue weighted by Crippen LogP contribution is -2.06. The second kappa shape index (κ2) is 5.06. The number of rotatable bonds is 1. The van der Waals surface area contributed by atoms with Crippen LogP contribution in [0.2, 0.25) is 0 Å². The first-order chi connectivity index (χ1) is 7.84. The van der Waals surface area contributed by atoms with Gasteiger partial charge in [0, 0.05) is 17.7 Å². The fourth-order valence-electron chi connectivity index (χ4n) is 1.09. The van der Waals surface area contributed by atoms with Crippen molar-refractivity contribution in [2.45, 2.75) is 6.18 Å². The Kier molecular flexibility index (Phi) is 3.97. The molecule has 0 aliphatic rings. The summed E-state index contributed by atoms with van der Waals surface area (Å²) in [6.45, 7) is 0. The van der Waals surface area contributed by atoms with E-state index in [-0.39, 0.29) is 11.4 Å². The van der Waals surface area contributed by atoms with Gasteiger partial charge in [-0.15, -0.1) is 11.6 Å². The Hall–Kier alpha value is -1.74. The minimum Gasteiger partial charge on any atom is -0.258 e. The number of nitro groups is 1. The molecule has 1 aromatic carbocycles. The van der Waals surface area contributed by atoms with Crippen LogP contribution < -0.4 is 0 Å². The third kappa shape index (κ3) is 3.64. The lowest BCUT2D eigenvalue weighted by Gasteiger charge is -2.06. The van der Waals surface area contributed by atoms with Crippen molar-refractivity contribution in [1.29, 1.82) is 0 Å². The molecule has 0 aliphatic carbocycles. The highest BCUT2D eigenvalue weighted by Gasteiger charge is 2.32. The molecule has 0 bridgehead atoms. The van der Waals surface area contributed by atoms with Crippen molar-refractivity contribution >= 4 is 17.3 Å². The normalized spacial score (nSPS) is 10.6. The topological polar surface area (TPSA) is 43.1 Å². The summed E-state index contributed by atoms with van der Waals surface area (Å²) in [7, 11) is 0. The predicted octanol–water partition coefficient (Wildman–Crippen LogP) is 3.20. The van der Waals surface area contributed by atoms with Crippen LogP contribution in [0.15, 0.2) is 18.2 Å². The van der Waals surface area contributed by atoms with Gasteiger partial charge in [0.2, 0.25) is 0 Å². The summed E-state index contributed by atoms with van der Waals surface area (Å²) >= 11 is 5.25. The number of hydrogen-bond acceptors (Lipinski definition) is 2. The zero-order chi connectivity index (χ0) is 13.1. The summed E-state index contributed by atoms with van der Waals surface area (Å²) in [5.74, 6) is 4.59. The van der Waals surface area contributed by atoms with Crippen molar-refractivity contribution in [2.24, 2.45) is 0 Å². The van der Waals surface area contributed by atoms with Crippen molar-refractivity contribution in [2.75, 3.05) is 5.88 Å². The zero-order valence-electron chi connectivity index (χ0n) is 8.21. The third-order valence-corrected chi connectivity index (χ3v) is 1.89. The van der Waals surface area contributed by atoms with E-state index in [0.717, 1.165) is 12.1 Å². The largest absolute Gasteiger partial charge is 0.416 e. The quantitative estimate of drug-likeness (QED) is 0.338. The van der Waals surface area contributed by atoms with Crippen LogP contribution in [0.3, 0.4) is 0 Å². The molecule has 0 aliphatic heterocycles. The molecular formula is C10H5ClF3NO2. The summed E-state index contributed by atoms with van der Waals surface area (Å²) in [5, 5.41) is 10.5. The Morgan fingerprint density at radius 3 is 2.47 bits per heavy atom. The number of hydrogen-bond donors (Lipinski definition) is 0. The van der Waals surface area contributed by atoms with Crippen LogP contribution in [0.5, 0.6) is 0 Å². The van der Waals surface area contributed by atoms with Gasteiger partial charge in [-0.1, -0.05) is 11.8 Å². The highest BCUT2D eigenvalue weighted by Crippen LogP contribution is 2.32. The molecule has 17 heavy (non-hydrogen) atoms. The van der Waals surface area contributed by atoms with Gasteiger partial charge in [-0.3, -0.25) is 10.1 Å². The smallest absolute Gasteiger partial charge is 0.258 e. The molecular weight excluding hydrogens is 259 g/mol. The number of nitrogens with zero attached hydrogens (tertiary/aromatic N) is 1. The first-order valence-corrected chi connectivity index (χ1v) is 4.79. The molecule has 0 saturated carbocycles. The molecule has 0 N–H and O–H groups in total. The van der Waals surface area contributed by atoms with Gasteiger partial charge in [0.1, 0.15) is 0 Å². The molecule has 0 aromatic heterocycles. The van der Waals surface area contributed by atoms with Crippen LogP contribution in [-0.2, 0) is 6.18 Å². The van der Waals surface area contributed by atoms with Gasteiger partial charge in [-0.25, -0.2) is 0 Å². The molecule has 0 unspecified atom stereocenters. The average molecular weight is 264 g/mol. The first kappa shape index (κ1) is 13.3. The number of nitro benzene ring substituents is 1. The second-order valence-electron chi connectivity index (χ2n) is 2.96. The number of non-ortho nitro benzene ring substituents is 1. The van der Waals surface area contributed by atoms with Crippen LogP contribution in [0.1, 0.15) is 11.1 Å². The van der Waals surface area contributed by atoms with Crippen molar-refractivity contribution in [1.82, 2.24) is 0 Å². The van der Waals surface area contributed by atoms with E-state index in [9.17, 15) is 23.3 Å². The van der Waals surface area contributed by atoms with Crippen molar-refractivity contribution in [3.8, 4) is 11.8 Å². The Bertz CT molecular complexity index is 502. The first-order valence-electron chi connectivity index (χ1n) is 4.26. The van der Waals surface area contributed by atoms with Gasteiger partial charge in [0.25, 0.3) is 5.69 Å². The molecule has 0 atom stereocenters. The van der Waals surface area contributed by atoms with E-state index in [2.05, 4.69) is 11.8 Å². The second-order valence-corrected chi connectivity index (χ2v) is 3.23. The summed E-state index contributed by atoms with van der Waals surface area (Å²) in [5.41, 5.74) is -1.85. The number of halogens is 4. The summed E-state index contributed by atoms with van der Waals surface area (Å²) < 4.78 is 37.3. The maximum Gasteiger partial charge on any atom is 0.416 e. The Morgan fingerprint density at radius 2 is 2.00 bits per heavy atom. The van der Waals surface area contributed by atoms with Gasteiger partial charge in [0.15, 0.2) is 0 Å². The minimum absolute atomic E-state index is 0.0654. The average Bonchev–Trinajstić information content (AvgIpc) is 2.24. The van der Waals surface area contributed by atoms with Gasteiger partial charge in [-0.05, 0) is 6.07 Å². The van der Waals surface area contributed by atoms with Crippen LogP contribution in [0.4, 0.5) is 18.9 Å². The van der Waals surface area contributed by atoms with E-state index < -0.39 is 22.4 Å². The van der Waals surface area contributed by atoms with Crippen LogP contribution in [0.25, 0.3) is 0 Å². The Balaban J connectivity index is 3.34. The van der Waals surface area contributed by atoms with Gasteiger partial charge >= 0.3 is 6.18 Å². The van der Waals surface area contributed by atoms with Crippen molar-refractivity contribution < 1.29 is 18.1 Å². The van der Waals surface area contributed by atoms with Crippen molar-refractivity contribution in [3.05, 3.63) is 39.4 Å². The maximum absolute atomic E-state index is 12.4. The molecule has 0 saturated heterocycles. The van der Waals surface area contributed by atoms with E-state index in [1.807, 2.05) is 0 Å². The van der Waals surface area contributed by atoms with E-state index in [1.165, 1.54) is 0 Å². The lowest BCUT2D eigenvalue weighted by atomic mass is 10.1. The molecule has 1 aromatic rings. The maximum atomic E-state index is 12.4. The van der Waals surface area contributed by atoms with E-state index >= 15 is 0 Å². The minimum atomic E-state index is -4.65. The zero-order valence-corrected chi connectivity index (χ0v) is 8.97. The van der Waals surface area contributed by atoms with Gasteiger partial charge in [-0.2, -0.15) is 13.2 Å². The van der Waals surface area contributed by atoms with E-state index in [4.69, 9.17) is 11.6 Å². The standard InChI is InChI=1S/C10H5ClF3NO2/c11-3-1-2-7-4-8(10(12,13)14)6-9(5-7)15(16)17/h4-6H,3H2. The third-order valence-electron chi connectivity index (χ3n) is 1.76. The molecule has 90 valence electrons. The molecule has 0 radical (unpaired) electrons. The Morgan fingerprint density at radius 1 is 1.35 bits per heavy atom. The van der Waals surface area contributed by atoms with E-state index in [0.29, 0.717) is 6.07 Å². The van der Waals surface area contributed by atoms with Crippen molar-refractivity contribution in [3.63, 3.8) is 0 Å². The van der Waals surface area contributed by atoms with Gasteiger partial charge < -0.3 is 0 Å². The molecule has 3 nitrogen and oxygen atoms in total. The summed E-state index contributed by atoms with van der Waals surface area (Å²) in [6.07, 6.45) is -4.65. The van der Waals surface area contributed by atoms with Crippen LogP contribution in [0, 0.1) is 22.0 Å². The number of alkyl halides is 4. The van der Waals surface area contributed by atoms with Crippen LogP contribution in [-0.4, -0.2) is 10.8 Å². The molecule has 1 rings (SSSR count). The van der Waals surface area contributed by atoms with Crippen LogP contribution >= 0.6 is 11.6 Å².